The molecule has 2 nitrogen and oxygen atoms in total. The van der Waals surface area contributed by atoms with E-state index in [9.17, 15) is 0 Å². The SMILES string of the molecule is CC[Si](CC)(CC)O[C@H]1CCC[C@]2(C)[C@@H]([C@@H](C)CC#N)CC[C@@H]12. The van der Waals surface area contributed by atoms with Crippen molar-refractivity contribution < 1.29 is 4.43 Å². The van der Waals surface area contributed by atoms with E-state index in [0.29, 0.717) is 17.4 Å². The highest BCUT2D eigenvalue weighted by Gasteiger charge is 2.53. The second-order valence-electron chi connectivity index (χ2n) is 8.43. The van der Waals surface area contributed by atoms with Gasteiger partial charge in [-0.2, -0.15) is 5.26 Å². The summed E-state index contributed by atoms with van der Waals surface area (Å²) < 4.78 is 6.97. The molecule has 2 aliphatic rings. The van der Waals surface area contributed by atoms with Crippen LogP contribution >= 0.6 is 0 Å². The van der Waals surface area contributed by atoms with Gasteiger partial charge in [-0.15, -0.1) is 0 Å². The summed E-state index contributed by atoms with van der Waals surface area (Å²) in [6.45, 7) is 11.8. The van der Waals surface area contributed by atoms with E-state index in [-0.39, 0.29) is 0 Å². The molecule has 2 aliphatic carbocycles. The zero-order chi connectivity index (χ0) is 17.1. The van der Waals surface area contributed by atoms with E-state index >= 15 is 0 Å². The van der Waals surface area contributed by atoms with E-state index in [0.717, 1.165) is 18.3 Å². The Kier molecular flexibility index (Phi) is 6.36. The van der Waals surface area contributed by atoms with E-state index in [1.54, 1.807) is 0 Å². The summed E-state index contributed by atoms with van der Waals surface area (Å²) in [7, 11) is -1.51. The third-order valence-corrected chi connectivity index (χ3v) is 12.2. The molecule has 23 heavy (non-hydrogen) atoms. The Morgan fingerprint density at radius 1 is 1.17 bits per heavy atom. The fourth-order valence-corrected chi connectivity index (χ4v) is 8.77. The Morgan fingerprint density at radius 3 is 2.39 bits per heavy atom. The van der Waals surface area contributed by atoms with Gasteiger partial charge >= 0.3 is 0 Å². The molecular weight excluding hydrogens is 298 g/mol. The van der Waals surface area contributed by atoms with E-state index in [1.807, 2.05) is 0 Å². The van der Waals surface area contributed by atoms with Crippen molar-refractivity contribution in [3.8, 4) is 6.07 Å². The van der Waals surface area contributed by atoms with Crippen LogP contribution in [-0.4, -0.2) is 14.4 Å². The van der Waals surface area contributed by atoms with Crippen molar-refractivity contribution in [2.45, 2.75) is 97.4 Å². The molecule has 3 heteroatoms. The Bertz CT molecular complexity index is 420. The molecule has 0 aliphatic heterocycles. The predicted octanol–water partition coefficient (Wildman–Crippen LogP) is 6.14. The van der Waals surface area contributed by atoms with Gasteiger partial charge in [-0.05, 0) is 67.0 Å². The van der Waals surface area contributed by atoms with Crippen LogP contribution in [0.3, 0.4) is 0 Å². The van der Waals surface area contributed by atoms with Crippen molar-refractivity contribution >= 4 is 8.32 Å². The van der Waals surface area contributed by atoms with Crippen molar-refractivity contribution in [1.29, 1.82) is 5.26 Å². The van der Waals surface area contributed by atoms with Gasteiger partial charge in [0.05, 0.1) is 6.07 Å². The zero-order valence-corrected chi connectivity index (χ0v) is 17.0. The van der Waals surface area contributed by atoms with Crippen molar-refractivity contribution in [2.75, 3.05) is 0 Å². The molecule has 2 rings (SSSR count). The molecule has 0 aromatic heterocycles. The van der Waals surface area contributed by atoms with Gasteiger partial charge in [0.2, 0.25) is 0 Å². The van der Waals surface area contributed by atoms with Crippen molar-refractivity contribution in [1.82, 2.24) is 0 Å². The van der Waals surface area contributed by atoms with Crippen LogP contribution in [-0.2, 0) is 4.43 Å². The molecule has 0 amide bonds. The van der Waals surface area contributed by atoms with Crippen LogP contribution in [0.1, 0.15) is 73.1 Å². The topological polar surface area (TPSA) is 33.0 Å². The fourth-order valence-electron chi connectivity index (χ4n) is 5.84. The first-order chi connectivity index (χ1) is 11.0. The second kappa shape index (κ2) is 7.70. The summed E-state index contributed by atoms with van der Waals surface area (Å²) in [4.78, 5) is 0. The monoisotopic (exact) mass is 335 g/mol. The molecule has 0 N–H and O–H groups in total. The average molecular weight is 336 g/mol. The molecule has 5 atom stereocenters. The molecular formula is C20H37NOSi. The van der Waals surface area contributed by atoms with Gasteiger partial charge in [0.1, 0.15) is 0 Å². The van der Waals surface area contributed by atoms with Gasteiger partial charge in [0.25, 0.3) is 0 Å². The summed E-state index contributed by atoms with van der Waals surface area (Å²) in [5.41, 5.74) is 0.411. The Labute approximate surface area is 145 Å². The summed E-state index contributed by atoms with van der Waals surface area (Å²) in [6.07, 6.45) is 7.78. The lowest BCUT2D eigenvalue weighted by Crippen LogP contribution is -2.48. The summed E-state index contributed by atoms with van der Waals surface area (Å²) in [6, 6.07) is 6.18. The van der Waals surface area contributed by atoms with Gasteiger partial charge in [-0.25, -0.2) is 0 Å². The largest absolute Gasteiger partial charge is 0.414 e. The van der Waals surface area contributed by atoms with Crippen LogP contribution in [0.4, 0.5) is 0 Å². The lowest BCUT2D eigenvalue weighted by molar-refractivity contribution is -0.0189. The van der Waals surface area contributed by atoms with Gasteiger partial charge < -0.3 is 4.43 Å². The highest BCUT2D eigenvalue weighted by Crippen LogP contribution is 2.59. The maximum atomic E-state index is 9.11. The molecule has 0 unspecified atom stereocenters. The summed E-state index contributed by atoms with van der Waals surface area (Å²) >= 11 is 0. The second-order valence-corrected chi connectivity index (χ2v) is 13.2. The maximum Gasteiger partial charge on any atom is 0.192 e. The van der Waals surface area contributed by atoms with Crippen molar-refractivity contribution in [2.24, 2.45) is 23.2 Å². The van der Waals surface area contributed by atoms with Crippen LogP contribution < -0.4 is 0 Å². The van der Waals surface area contributed by atoms with Crippen LogP contribution in [0.15, 0.2) is 0 Å². The minimum Gasteiger partial charge on any atom is -0.414 e. The Balaban J connectivity index is 2.16. The first kappa shape index (κ1) is 19.0. The van der Waals surface area contributed by atoms with Gasteiger partial charge in [-0.3, -0.25) is 0 Å². The molecule has 0 bridgehead atoms. The van der Waals surface area contributed by atoms with Gasteiger partial charge in [0.15, 0.2) is 8.32 Å². The first-order valence-corrected chi connectivity index (χ1v) is 12.5. The Morgan fingerprint density at radius 2 is 1.83 bits per heavy atom. The molecule has 0 heterocycles. The number of nitrogens with zero attached hydrogens (tertiary/aromatic N) is 1. The molecule has 0 aromatic carbocycles. The van der Waals surface area contributed by atoms with E-state index in [1.165, 1.54) is 50.2 Å². The lowest BCUT2D eigenvalue weighted by Gasteiger charge is -2.48. The number of rotatable bonds is 7. The highest BCUT2D eigenvalue weighted by molar-refractivity contribution is 6.73. The number of nitriles is 1. The molecule has 0 spiro atoms. The molecule has 2 saturated carbocycles. The van der Waals surface area contributed by atoms with Crippen molar-refractivity contribution in [3.63, 3.8) is 0 Å². The molecule has 2 fully saturated rings. The smallest absolute Gasteiger partial charge is 0.192 e. The highest BCUT2D eigenvalue weighted by atomic mass is 28.4. The zero-order valence-electron chi connectivity index (χ0n) is 16.0. The van der Waals surface area contributed by atoms with Gasteiger partial charge in [0, 0.05) is 12.5 Å². The number of fused-ring (bicyclic) bond motifs is 1. The lowest BCUT2D eigenvalue weighted by atomic mass is 9.61. The van der Waals surface area contributed by atoms with Gasteiger partial charge in [-0.1, -0.05) is 41.0 Å². The van der Waals surface area contributed by atoms with Crippen LogP contribution in [0.25, 0.3) is 0 Å². The van der Waals surface area contributed by atoms with E-state index in [2.05, 4.69) is 40.7 Å². The Hall–Kier alpha value is -0.333. The molecule has 0 saturated heterocycles. The quantitative estimate of drug-likeness (QED) is 0.523. The summed E-state index contributed by atoms with van der Waals surface area (Å²) in [5, 5.41) is 9.11. The first-order valence-electron chi connectivity index (χ1n) is 10.0. The minimum absolute atomic E-state index is 0.411. The standard InChI is InChI=1S/C20H37NOSi/c1-6-23(7-2,8-3)22-19-10-9-14-20(5)17(11-12-18(19)20)16(4)13-15-21/h16-19H,6-14H2,1-5H3/t16-,17+,18-,19-,20+/m0/s1. The normalized spacial score (nSPS) is 35.6. The third kappa shape index (κ3) is 3.54. The third-order valence-electron chi connectivity index (χ3n) is 7.57. The average Bonchev–Trinajstić information content (AvgIpc) is 2.91. The fraction of sp³-hybridized carbons (Fsp3) is 0.950. The summed E-state index contributed by atoms with van der Waals surface area (Å²) in [5.74, 6) is 2.00. The molecule has 132 valence electrons. The van der Waals surface area contributed by atoms with Crippen molar-refractivity contribution in [3.05, 3.63) is 0 Å². The predicted molar refractivity (Wildman–Crippen MR) is 99.6 cm³/mol. The van der Waals surface area contributed by atoms with E-state index < -0.39 is 8.32 Å². The number of hydrogen-bond donors (Lipinski definition) is 0. The number of hydrogen-bond acceptors (Lipinski definition) is 2. The maximum absolute atomic E-state index is 9.11. The van der Waals surface area contributed by atoms with Crippen LogP contribution in [0.2, 0.25) is 18.1 Å². The molecule has 0 aromatic rings. The molecule has 0 radical (unpaired) electrons. The van der Waals surface area contributed by atoms with Crippen LogP contribution in [0.5, 0.6) is 0 Å². The van der Waals surface area contributed by atoms with E-state index in [4.69, 9.17) is 9.69 Å². The van der Waals surface area contributed by atoms with Crippen LogP contribution in [0, 0.1) is 34.5 Å². The minimum atomic E-state index is -1.51.